The van der Waals surface area contributed by atoms with E-state index in [1.165, 1.54) is 10.9 Å². The van der Waals surface area contributed by atoms with Crippen LogP contribution in [0.3, 0.4) is 0 Å². The molecular weight excluding hydrogens is 325 g/mol. The molecule has 1 atom stereocenters. The molecule has 2 rings (SSSR count). The number of hydrogen-bond acceptors (Lipinski definition) is 2. The van der Waals surface area contributed by atoms with E-state index < -0.39 is 5.82 Å². The molecule has 0 bridgehead atoms. The minimum Gasteiger partial charge on any atom is -0.320 e. The van der Waals surface area contributed by atoms with Gasteiger partial charge in [0, 0.05) is 14.2 Å². The summed E-state index contributed by atoms with van der Waals surface area (Å²) < 4.78 is 14.0. The smallest absolute Gasteiger partial charge is 0.141 e. The molecule has 0 saturated carbocycles. The van der Waals surface area contributed by atoms with Gasteiger partial charge in [0.25, 0.3) is 0 Å². The zero-order valence-electron chi connectivity index (χ0n) is 9.01. The third-order valence-corrected chi connectivity index (χ3v) is 4.76. The van der Waals surface area contributed by atoms with Crippen LogP contribution in [0.1, 0.15) is 21.4 Å². The third kappa shape index (κ3) is 2.71. The first-order chi connectivity index (χ1) is 7.99. The van der Waals surface area contributed by atoms with Gasteiger partial charge in [0.1, 0.15) is 5.82 Å². The second-order valence-corrected chi connectivity index (χ2v) is 6.27. The van der Waals surface area contributed by atoms with Crippen LogP contribution in [0.25, 0.3) is 0 Å². The van der Waals surface area contributed by atoms with E-state index in [4.69, 9.17) is 17.3 Å². The Morgan fingerprint density at radius 1 is 1.41 bits per heavy atom. The molecule has 0 spiro atoms. The predicted molar refractivity (Wildman–Crippen MR) is 74.2 cm³/mol. The van der Waals surface area contributed by atoms with Crippen molar-refractivity contribution < 1.29 is 4.39 Å². The Morgan fingerprint density at radius 2 is 2.12 bits per heavy atom. The monoisotopic (exact) mass is 333 g/mol. The number of benzene rings is 1. The maximum Gasteiger partial charge on any atom is 0.141 e. The van der Waals surface area contributed by atoms with Gasteiger partial charge >= 0.3 is 0 Å². The Kier molecular flexibility index (Phi) is 3.88. The average molecular weight is 335 g/mol. The molecule has 0 aliphatic heterocycles. The van der Waals surface area contributed by atoms with E-state index in [0.717, 1.165) is 14.9 Å². The second kappa shape index (κ2) is 5.06. The highest BCUT2D eigenvalue weighted by Gasteiger charge is 2.16. The van der Waals surface area contributed by atoms with Crippen molar-refractivity contribution in [3.05, 3.63) is 54.9 Å². The van der Waals surface area contributed by atoms with E-state index in [9.17, 15) is 4.39 Å². The molecule has 1 aromatic heterocycles. The largest absolute Gasteiger partial charge is 0.320 e. The normalized spacial score (nSPS) is 12.8. The first-order valence-electron chi connectivity index (χ1n) is 4.95. The molecule has 1 aromatic carbocycles. The molecule has 1 nitrogen and oxygen atoms in total. The molecule has 5 heteroatoms. The number of aryl methyl sites for hydroxylation is 1. The van der Waals surface area contributed by atoms with Gasteiger partial charge in [-0.3, -0.25) is 0 Å². The van der Waals surface area contributed by atoms with Crippen LogP contribution >= 0.6 is 38.9 Å². The number of rotatable bonds is 2. The number of hydrogen-bond donors (Lipinski definition) is 1. The van der Waals surface area contributed by atoms with Crippen molar-refractivity contribution in [2.75, 3.05) is 0 Å². The molecule has 0 aliphatic rings. The van der Waals surface area contributed by atoms with E-state index in [-0.39, 0.29) is 11.1 Å². The second-order valence-electron chi connectivity index (χ2n) is 3.72. The zero-order chi connectivity index (χ0) is 12.6. The molecule has 0 amide bonds. The fraction of sp³-hybridized carbons (Fsp3) is 0.167. The Hall–Kier alpha value is -0.420. The highest BCUT2D eigenvalue weighted by molar-refractivity contribution is 9.10. The SMILES string of the molecule is Cc1cc(Br)c(C(N)c2ccc(F)c(Cl)c2)s1. The lowest BCUT2D eigenvalue weighted by atomic mass is 10.1. The van der Waals surface area contributed by atoms with E-state index in [0.29, 0.717) is 0 Å². The van der Waals surface area contributed by atoms with Gasteiger partial charge < -0.3 is 5.73 Å². The summed E-state index contributed by atoms with van der Waals surface area (Å²) in [7, 11) is 0. The fourth-order valence-electron chi connectivity index (χ4n) is 1.57. The highest BCUT2D eigenvalue weighted by atomic mass is 79.9. The summed E-state index contributed by atoms with van der Waals surface area (Å²) in [5.41, 5.74) is 6.95. The van der Waals surface area contributed by atoms with Crippen LogP contribution < -0.4 is 5.73 Å². The van der Waals surface area contributed by atoms with Crippen LogP contribution in [0.15, 0.2) is 28.7 Å². The Labute approximate surface area is 117 Å². The van der Waals surface area contributed by atoms with Crippen LogP contribution in [-0.4, -0.2) is 0 Å². The van der Waals surface area contributed by atoms with Crippen molar-refractivity contribution in [3.63, 3.8) is 0 Å². The van der Waals surface area contributed by atoms with Crippen molar-refractivity contribution >= 4 is 38.9 Å². The summed E-state index contributed by atoms with van der Waals surface area (Å²) >= 11 is 10.8. The lowest BCUT2D eigenvalue weighted by Crippen LogP contribution is -2.10. The van der Waals surface area contributed by atoms with Gasteiger partial charge in [-0.05, 0) is 46.6 Å². The van der Waals surface area contributed by atoms with E-state index >= 15 is 0 Å². The van der Waals surface area contributed by atoms with E-state index in [1.54, 1.807) is 23.5 Å². The lowest BCUT2D eigenvalue weighted by Gasteiger charge is -2.11. The Balaban J connectivity index is 2.40. The van der Waals surface area contributed by atoms with E-state index in [1.807, 2.05) is 13.0 Å². The Morgan fingerprint density at radius 3 is 2.65 bits per heavy atom. The maximum absolute atomic E-state index is 13.1. The lowest BCUT2D eigenvalue weighted by molar-refractivity contribution is 0.627. The minimum absolute atomic E-state index is 0.0994. The third-order valence-electron chi connectivity index (χ3n) is 2.42. The molecule has 90 valence electrons. The highest BCUT2D eigenvalue weighted by Crippen LogP contribution is 2.35. The van der Waals surface area contributed by atoms with Crippen LogP contribution in [0, 0.1) is 12.7 Å². The minimum atomic E-state index is -0.427. The van der Waals surface area contributed by atoms with Gasteiger partial charge in [0.15, 0.2) is 0 Å². The van der Waals surface area contributed by atoms with Crippen molar-refractivity contribution in [1.82, 2.24) is 0 Å². The molecule has 0 radical (unpaired) electrons. The van der Waals surface area contributed by atoms with Gasteiger partial charge in [-0.1, -0.05) is 17.7 Å². The molecule has 0 fully saturated rings. The number of nitrogens with two attached hydrogens (primary N) is 1. The van der Waals surface area contributed by atoms with Crippen LogP contribution in [0.2, 0.25) is 5.02 Å². The first kappa shape index (κ1) is 13.0. The van der Waals surface area contributed by atoms with Crippen LogP contribution in [0.5, 0.6) is 0 Å². The van der Waals surface area contributed by atoms with Crippen molar-refractivity contribution in [2.45, 2.75) is 13.0 Å². The number of thiophene rings is 1. The predicted octanol–water partition coefficient (Wildman–Crippen LogP) is 4.66. The van der Waals surface area contributed by atoms with Gasteiger partial charge in [-0.15, -0.1) is 11.3 Å². The molecule has 17 heavy (non-hydrogen) atoms. The zero-order valence-corrected chi connectivity index (χ0v) is 12.2. The molecule has 1 unspecified atom stereocenters. The molecular formula is C12H10BrClFNS. The summed E-state index contributed by atoms with van der Waals surface area (Å²) in [6.07, 6.45) is 0. The van der Waals surface area contributed by atoms with E-state index in [2.05, 4.69) is 15.9 Å². The van der Waals surface area contributed by atoms with Crippen molar-refractivity contribution in [1.29, 1.82) is 0 Å². The van der Waals surface area contributed by atoms with Gasteiger partial charge in [-0.25, -0.2) is 4.39 Å². The van der Waals surface area contributed by atoms with Crippen LogP contribution in [0.4, 0.5) is 4.39 Å². The summed E-state index contributed by atoms with van der Waals surface area (Å²) in [6, 6.07) is 6.30. The molecule has 2 N–H and O–H groups in total. The first-order valence-corrected chi connectivity index (χ1v) is 6.94. The summed E-state index contributed by atoms with van der Waals surface area (Å²) in [6.45, 7) is 2.02. The van der Waals surface area contributed by atoms with Gasteiger partial charge in [-0.2, -0.15) is 0 Å². The van der Waals surface area contributed by atoms with Gasteiger partial charge in [0.2, 0.25) is 0 Å². The van der Waals surface area contributed by atoms with Gasteiger partial charge in [0.05, 0.1) is 11.1 Å². The topological polar surface area (TPSA) is 26.0 Å². The summed E-state index contributed by atoms with van der Waals surface area (Å²) in [5, 5.41) is 0.0994. The molecule has 0 aliphatic carbocycles. The fourth-order valence-corrected chi connectivity index (χ4v) is 3.69. The molecule has 0 saturated heterocycles. The standard InChI is InChI=1S/C12H10BrClFNS/c1-6-4-8(13)12(17-6)11(16)7-2-3-10(15)9(14)5-7/h2-5,11H,16H2,1H3. The molecule has 1 heterocycles. The maximum atomic E-state index is 13.1. The van der Waals surface area contributed by atoms with Crippen molar-refractivity contribution in [2.24, 2.45) is 5.73 Å². The average Bonchev–Trinajstić information content (AvgIpc) is 2.61. The number of halogens is 3. The quantitative estimate of drug-likeness (QED) is 0.849. The van der Waals surface area contributed by atoms with Crippen LogP contribution in [-0.2, 0) is 0 Å². The van der Waals surface area contributed by atoms with Crippen molar-refractivity contribution in [3.8, 4) is 0 Å². The molecule has 2 aromatic rings. The summed E-state index contributed by atoms with van der Waals surface area (Å²) in [5.74, 6) is -0.427. The summed E-state index contributed by atoms with van der Waals surface area (Å²) in [4.78, 5) is 2.20. The Bertz CT molecular complexity index is 555.